The van der Waals surface area contributed by atoms with E-state index in [2.05, 4.69) is 15.9 Å². The van der Waals surface area contributed by atoms with Crippen LogP contribution in [0.25, 0.3) is 0 Å². The Morgan fingerprint density at radius 2 is 2.00 bits per heavy atom. The molecule has 0 aromatic heterocycles. The first-order valence-electron chi connectivity index (χ1n) is 6.16. The minimum Gasteiger partial charge on any atom is -0.469 e. The fraction of sp³-hybridized carbons (Fsp3) is 0.429. The Morgan fingerprint density at radius 3 is 2.63 bits per heavy atom. The van der Waals surface area contributed by atoms with E-state index in [1.165, 1.54) is 7.11 Å². The highest BCUT2D eigenvalue weighted by Crippen LogP contribution is 2.27. The number of halogens is 1. The molecule has 1 aromatic rings. The van der Waals surface area contributed by atoms with E-state index in [1.54, 1.807) is 11.0 Å². The van der Waals surface area contributed by atoms with Crippen LogP contribution in [-0.4, -0.2) is 37.0 Å². The van der Waals surface area contributed by atoms with Crippen LogP contribution >= 0.6 is 15.9 Å². The van der Waals surface area contributed by atoms with E-state index in [-0.39, 0.29) is 23.7 Å². The third kappa shape index (κ3) is 2.81. The topological polar surface area (TPSA) is 46.6 Å². The molecule has 2 atom stereocenters. The number of benzene rings is 1. The van der Waals surface area contributed by atoms with Crippen molar-refractivity contribution in [2.75, 3.05) is 20.2 Å². The van der Waals surface area contributed by atoms with Crippen molar-refractivity contribution in [2.24, 2.45) is 11.8 Å². The summed E-state index contributed by atoms with van der Waals surface area (Å²) in [6.45, 7) is 2.98. The molecule has 2 unspecified atom stereocenters. The summed E-state index contributed by atoms with van der Waals surface area (Å²) in [5.74, 6) is -0.393. The molecular weight excluding hydrogens is 310 g/mol. The summed E-state index contributed by atoms with van der Waals surface area (Å²) < 4.78 is 5.55. The number of ether oxygens (including phenoxy) is 1. The number of methoxy groups -OCH3 is 1. The molecule has 1 heterocycles. The van der Waals surface area contributed by atoms with E-state index in [4.69, 9.17) is 4.74 Å². The summed E-state index contributed by atoms with van der Waals surface area (Å²) in [4.78, 5) is 25.8. The molecule has 0 aliphatic carbocycles. The first kappa shape index (κ1) is 14.1. The van der Waals surface area contributed by atoms with Crippen LogP contribution in [-0.2, 0) is 9.53 Å². The van der Waals surface area contributed by atoms with Gasteiger partial charge in [0.25, 0.3) is 5.91 Å². The normalized spacial score (nSPS) is 22.4. The number of hydrogen-bond donors (Lipinski definition) is 0. The molecule has 0 radical (unpaired) electrons. The number of amides is 1. The minimum atomic E-state index is -0.241. The third-order valence-corrected chi connectivity index (χ3v) is 4.20. The molecule has 19 heavy (non-hydrogen) atoms. The van der Waals surface area contributed by atoms with E-state index in [9.17, 15) is 9.59 Å². The molecule has 1 saturated heterocycles. The Morgan fingerprint density at radius 1 is 1.32 bits per heavy atom. The average molecular weight is 326 g/mol. The van der Waals surface area contributed by atoms with Crippen molar-refractivity contribution in [2.45, 2.75) is 6.92 Å². The standard InChI is InChI=1S/C14H16BrNO3/c1-9-7-16(8-11(9)14(18)19-2)13(17)10-5-3-4-6-12(10)15/h3-6,9,11H,7-8H2,1-2H3. The van der Waals surface area contributed by atoms with Gasteiger partial charge in [0.15, 0.2) is 0 Å². The van der Waals surface area contributed by atoms with Crippen LogP contribution in [0.1, 0.15) is 17.3 Å². The molecule has 1 aliphatic heterocycles. The fourth-order valence-electron chi connectivity index (χ4n) is 2.40. The maximum atomic E-state index is 12.4. The van der Waals surface area contributed by atoms with Crippen molar-refractivity contribution in [1.29, 1.82) is 0 Å². The smallest absolute Gasteiger partial charge is 0.310 e. The quantitative estimate of drug-likeness (QED) is 0.784. The number of hydrogen-bond acceptors (Lipinski definition) is 3. The Balaban J connectivity index is 2.15. The molecule has 0 spiro atoms. The number of carbonyl (C=O) groups is 2. The summed E-state index contributed by atoms with van der Waals surface area (Å²) in [6, 6.07) is 7.31. The van der Waals surface area contributed by atoms with Crippen molar-refractivity contribution < 1.29 is 14.3 Å². The van der Waals surface area contributed by atoms with Gasteiger partial charge in [-0.2, -0.15) is 0 Å². The molecule has 0 bridgehead atoms. The summed E-state index contributed by atoms with van der Waals surface area (Å²) in [6.07, 6.45) is 0. The SMILES string of the molecule is COC(=O)C1CN(C(=O)c2ccccc2Br)CC1C. The Kier molecular flexibility index (Phi) is 4.24. The first-order valence-corrected chi connectivity index (χ1v) is 6.95. The summed E-state index contributed by atoms with van der Waals surface area (Å²) in [5.41, 5.74) is 0.625. The van der Waals surface area contributed by atoms with Gasteiger partial charge in [-0.05, 0) is 34.0 Å². The van der Waals surface area contributed by atoms with Crippen LogP contribution in [0.15, 0.2) is 28.7 Å². The fourth-order valence-corrected chi connectivity index (χ4v) is 2.85. The van der Waals surface area contributed by atoms with Gasteiger partial charge in [-0.15, -0.1) is 0 Å². The Hall–Kier alpha value is -1.36. The molecule has 2 rings (SSSR count). The van der Waals surface area contributed by atoms with Crippen LogP contribution in [0.5, 0.6) is 0 Å². The molecule has 0 N–H and O–H groups in total. The number of esters is 1. The summed E-state index contributed by atoms with van der Waals surface area (Å²) in [7, 11) is 1.38. The van der Waals surface area contributed by atoms with E-state index >= 15 is 0 Å². The van der Waals surface area contributed by atoms with Gasteiger partial charge in [0, 0.05) is 17.6 Å². The van der Waals surface area contributed by atoms with Gasteiger partial charge < -0.3 is 9.64 Å². The third-order valence-electron chi connectivity index (χ3n) is 3.51. The lowest BCUT2D eigenvalue weighted by molar-refractivity contribution is -0.146. The maximum absolute atomic E-state index is 12.4. The Bertz CT molecular complexity index is 503. The van der Waals surface area contributed by atoms with Crippen molar-refractivity contribution in [3.05, 3.63) is 34.3 Å². The second kappa shape index (κ2) is 5.74. The first-order chi connectivity index (χ1) is 9.04. The molecule has 1 fully saturated rings. The number of likely N-dealkylation sites (tertiary alicyclic amines) is 1. The van der Waals surface area contributed by atoms with Gasteiger partial charge in [0.05, 0.1) is 18.6 Å². The molecular formula is C14H16BrNO3. The van der Waals surface area contributed by atoms with Crippen molar-refractivity contribution >= 4 is 27.8 Å². The highest BCUT2D eigenvalue weighted by molar-refractivity contribution is 9.10. The van der Waals surface area contributed by atoms with Gasteiger partial charge >= 0.3 is 5.97 Å². The number of rotatable bonds is 2. The van der Waals surface area contributed by atoms with Crippen LogP contribution < -0.4 is 0 Å². The van der Waals surface area contributed by atoms with Gasteiger partial charge in [-0.25, -0.2) is 0 Å². The second-order valence-corrected chi connectivity index (χ2v) is 5.65. The van der Waals surface area contributed by atoms with Crippen LogP contribution in [0.2, 0.25) is 0 Å². The van der Waals surface area contributed by atoms with E-state index < -0.39 is 0 Å². The molecule has 102 valence electrons. The van der Waals surface area contributed by atoms with Gasteiger partial charge in [-0.1, -0.05) is 19.1 Å². The van der Waals surface area contributed by atoms with E-state index in [0.717, 1.165) is 4.47 Å². The van der Waals surface area contributed by atoms with Gasteiger partial charge in [0.1, 0.15) is 0 Å². The van der Waals surface area contributed by atoms with Gasteiger partial charge in [-0.3, -0.25) is 9.59 Å². The molecule has 0 saturated carbocycles. The molecule has 1 aromatic carbocycles. The number of nitrogens with zero attached hydrogens (tertiary/aromatic N) is 1. The lowest BCUT2D eigenvalue weighted by Crippen LogP contribution is -2.30. The molecule has 4 nitrogen and oxygen atoms in total. The highest BCUT2D eigenvalue weighted by Gasteiger charge is 2.38. The zero-order valence-corrected chi connectivity index (χ0v) is 12.5. The van der Waals surface area contributed by atoms with E-state index in [0.29, 0.717) is 18.7 Å². The van der Waals surface area contributed by atoms with Gasteiger partial charge in [0.2, 0.25) is 0 Å². The second-order valence-electron chi connectivity index (χ2n) is 4.80. The predicted octanol–water partition coefficient (Wildman–Crippen LogP) is 2.33. The summed E-state index contributed by atoms with van der Waals surface area (Å²) >= 11 is 3.38. The zero-order valence-electron chi connectivity index (χ0n) is 10.9. The monoisotopic (exact) mass is 325 g/mol. The van der Waals surface area contributed by atoms with Crippen LogP contribution in [0.4, 0.5) is 0 Å². The maximum Gasteiger partial charge on any atom is 0.310 e. The molecule has 1 amide bonds. The Labute approximate surface area is 120 Å². The lowest BCUT2D eigenvalue weighted by Gasteiger charge is -2.16. The van der Waals surface area contributed by atoms with Crippen LogP contribution in [0, 0.1) is 11.8 Å². The van der Waals surface area contributed by atoms with Crippen molar-refractivity contribution in [3.8, 4) is 0 Å². The lowest BCUT2D eigenvalue weighted by atomic mass is 9.99. The van der Waals surface area contributed by atoms with Crippen molar-refractivity contribution in [3.63, 3.8) is 0 Å². The predicted molar refractivity (Wildman–Crippen MR) is 74.7 cm³/mol. The van der Waals surface area contributed by atoms with Crippen molar-refractivity contribution in [1.82, 2.24) is 4.90 Å². The molecule has 1 aliphatic rings. The zero-order chi connectivity index (χ0) is 14.0. The van der Waals surface area contributed by atoms with Crippen LogP contribution in [0.3, 0.4) is 0 Å². The highest BCUT2D eigenvalue weighted by atomic mass is 79.9. The van der Waals surface area contributed by atoms with E-state index in [1.807, 2.05) is 25.1 Å². The summed E-state index contributed by atoms with van der Waals surface area (Å²) in [5, 5.41) is 0. The average Bonchev–Trinajstić information content (AvgIpc) is 2.80. The largest absolute Gasteiger partial charge is 0.469 e. The molecule has 5 heteroatoms. The number of carbonyl (C=O) groups excluding carboxylic acids is 2. The minimum absolute atomic E-state index is 0.0503.